The van der Waals surface area contributed by atoms with E-state index in [0.717, 1.165) is 32.5 Å². The van der Waals surface area contributed by atoms with Crippen LogP contribution in [-0.4, -0.2) is 36.0 Å². The van der Waals surface area contributed by atoms with Crippen molar-refractivity contribution in [3.05, 3.63) is 35.9 Å². The number of carbonyl (C=O) groups is 1. The van der Waals surface area contributed by atoms with Crippen molar-refractivity contribution in [3.8, 4) is 0 Å². The van der Waals surface area contributed by atoms with Gasteiger partial charge in [-0.2, -0.15) is 0 Å². The van der Waals surface area contributed by atoms with Crippen LogP contribution < -0.4 is 11.1 Å². The highest BCUT2D eigenvalue weighted by atomic mass is 16.2. The van der Waals surface area contributed by atoms with Gasteiger partial charge >= 0.3 is 0 Å². The summed E-state index contributed by atoms with van der Waals surface area (Å²) in [5, 5.41) is 3.03. The summed E-state index contributed by atoms with van der Waals surface area (Å²) >= 11 is 0. The first-order valence-electron chi connectivity index (χ1n) is 6.97. The molecule has 19 heavy (non-hydrogen) atoms. The molecule has 0 radical (unpaired) electrons. The van der Waals surface area contributed by atoms with Crippen molar-refractivity contribution in [1.29, 1.82) is 0 Å². The van der Waals surface area contributed by atoms with Crippen LogP contribution in [0.2, 0.25) is 0 Å². The number of carbonyl (C=O) groups excluding carboxylic acids is 1. The Hall–Kier alpha value is -1.39. The smallest absolute Gasteiger partial charge is 0.236 e. The second kappa shape index (κ2) is 6.68. The van der Waals surface area contributed by atoms with Crippen LogP contribution in [0.25, 0.3) is 0 Å². The minimum atomic E-state index is -0.426. The molecule has 0 bridgehead atoms. The molecule has 0 unspecified atom stereocenters. The van der Waals surface area contributed by atoms with Gasteiger partial charge in [-0.3, -0.25) is 9.69 Å². The molecule has 1 aliphatic heterocycles. The van der Waals surface area contributed by atoms with Gasteiger partial charge in [0.2, 0.25) is 5.91 Å². The van der Waals surface area contributed by atoms with Gasteiger partial charge in [0.25, 0.3) is 0 Å². The van der Waals surface area contributed by atoms with Gasteiger partial charge in [0, 0.05) is 19.1 Å². The molecule has 0 spiro atoms. The number of amides is 1. The molecule has 2 atom stereocenters. The van der Waals surface area contributed by atoms with Crippen LogP contribution in [0.3, 0.4) is 0 Å². The third-order valence-electron chi connectivity index (χ3n) is 3.51. The maximum atomic E-state index is 11.6. The van der Waals surface area contributed by atoms with E-state index in [1.54, 1.807) is 6.92 Å². The van der Waals surface area contributed by atoms with Crippen LogP contribution in [-0.2, 0) is 11.3 Å². The number of nitrogens with two attached hydrogens (primary N) is 1. The summed E-state index contributed by atoms with van der Waals surface area (Å²) in [5.74, 6) is -0.0495. The number of likely N-dealkylation sites (tertiary alicyclic amines) is 1. The minimum Gasteiger partial charge on any atom is -0.351 e. The Labute approximate surface area is 115 Å². The summed E-state index contributed by atoms with van der Waals surface area (Å²) in [6.45, 7) is 4.68. The molecule has 0 aromatic heterocycles. The van der Waals surface area contributed by atoms with Crippen molar-refractivity contribution in [3.63, 3.8) is 0 Å². The molecular weight excluding hydrogens is 238 g/mol. The average molecular weight is 261 g/mol. The third kappa shape index (κ3) is 4.33. The number of nitrogens with zero attached hydrogens (tertiary/aromatic N) is 1. The zero-order valence-corrected chi connectivity index (χ0v) is 11.5. The molecule has 1 aromatic carbocycles. The summed E-state index contributed by atoms with van der Waals surface area (Å²) in [6, 6.07) is 10.3. The topological polar surface area (TPSA) is 58.4 Å². The summed E-state index contributed by atoms with van der Waals surface area (Å²) in [7, 11) is 0. The van der Waals surface area contributed by atoms with Gasteiger partial charge in [-0.1, -0.05) is 30.3 Å². The van der Waals surface area contributed by atoms with Gasteiger partial charge in [0.1, 0.15) is 0 Å². The fourth-order valence-electron chi connectivity index (χ4n) is 2.49. The van der Waals surface area contributed by atoms with E-state index >= 15 is 0 Å². The number of benzene rings is 1. The van der Waals surface area contributed by atoms with Gasteiger partial charge in [0.05, 0.1) is 6.04 Å². The minimum absolute atomic E-state index is 0.0495. The Balaban J connectivity index is 1.85. The maximum Gasteiger partial charge on any atom is 0.236 e. The lowest BCUT2D eigenvalue weighted by molar-refractivity contribution is -0.123. The van der Waals surface area contributed by atoms with Gasteiger partial charge in [-0.15, -0.1) is 0 Å². The van der Waals surface area contributed by atoms with Crippen LogP contribution in [0.15, 0.2) is 30.3 Å². The number of hydrogen-bond acceptors (Lipinski definition) is 3. The highest BCUT2D eigenvalue weighted by molar-refractivity contribution is 5.81. The summed E-state index contributed by atoms with van der Waals surface area (Å²) in [5.41, 5.74) is 6.91. The van der Waals surface area contributed by atoms with Crippen molar-refractivity contribution in [2.45, 2.75) is 38.4 Å². The molecule has 3 N–H and O–H groups in total. The van der Waals surface area contributed by atoms with E-state index in [1.807, 2.05) is 6.07 Å². The normalized spacial score (nSPS) is 21.9. The van der Waals surface area contributed by atoms with Crippen LogP contribution in [0.1, 0.15) is 25.3 Å². The number of nitrogens with one attached hydrogen (secondary N) is 1. The average Bonchev–Trinajstić information content (AvgIpc) is 2.40. The monoisotopic (exact) mass is 261 g/mol. The molecule has 1 aromatic rings. The van der Waals surface area contributed by atoms with Crippen LogP contribution in [0, 0.1) is 0 Å². The van der Waals surface area contributed by atoms with Crippen molar-refractivity contribution in [2.75, 3.05) is 13.1 Å². The molecule has 104 valence electrons. The summed E-state index contributed by atoms with van der Waals surface area (Å²) < 4.78 is 0. The number of rotatable bonds is 4. The first-order chi connectivity index (χ1) is 9.15. The van der Waals surface area contributed by atoms with Gasteiger partial charge in [0.15, 0.2) is 0 Å². The summed E-state index contributed by atoms with van der Waals surface area (Å²) in [4.78, 5) is 14.0. The SMILES string of the molecule is C[C@H](N)C(=O)N[C@H]1CCCN(Cc2ccccc2)C1. The summed E-state index contributed by atoms with van der Waals surface area (Å²) in [6.07, 6.45) is 2.17. The Morgan fingerprint density at radius 3 is 2.89 bits per heavy atom. The fraction of sp³-hybridized carbons (Fsp3) is 0.533. The van der Waals surface area contributed by atoms with Crippen LogP contribution >= 0.6 is 0 Å². The van der Waals surface area contributed by atoms with E-state index < -0.39 is 6.04 Å². The quantitative estimate of drug-likeness (QED) is 0.854. The van der Waals surface area contributed by atoms with E-state index in [9.17, 15) is 4.79 Å². The molecule has 1 amide bonds. The number of hydrogen-bond donors (Lipinski definition) is 2. The molecule has 2 rings (SSSR count). The molecule has 1 heterocycles. The first-order valence-corrected chi connectivity index (χ1v) is 6.97. The van der Waals surface area contributed by atoms with Crippen LogP contribution in [0.4, 0.5) is 0 Å². The first kappa shape index (κ1) is 14.0. The Bertz CT molecular complexity index is 405. The van der Waals surface area contributed by atoms with E-state index in [0.29, 0.717) is 0 Å². The molecule has 1 aliphatic rings. The van der Waals surface area contributed by atoms with Crippen molar-refractivity contribution >= 4 is 5.91 Å². The predicted octanol–water partition coefficient (Wildman–Crippen LogP) is 1.11. The van der Waals surface area contributed by atoms with Crippen molar-refractivity contribution < 1.29 is 4.79 Å². The molecule has 1 saturated heterocycles. The zero-order valence-electron chi connectivity index (χ0n) is 11.5. The molecule has 4 nitrogen and oxygen atoms in total. The highest BCUT2D eigenvalue weighted by Crippen LogP contribution is 2.13. The van der Waals surface area contributed by atoms with Gasteiger partial charge < -0.3 is 11.1 Å². The van der Waals surface area contributed by atoms with E-state index in [4.69, 9.17) is 5.73 Å². The zero-order chi connectivity index (χ0) is 13.7. The van der Waals surface area contributed by atoms with Crippen LogP contribution in [0.5, 0.6) is 0 Å². The second-order valence-electron chi connectivity index (χ2n) is 5.36. The number of piperidine rings is 1. The van der Waals surface area contributed by atoms with E-state index in [1.165, 1.54) is 5.56 Å². The lowest BCUT2D eigenvalue weighted by Crippen LogP contribution is -2.51. The highest BCUT2D eigenvalue weighted by Gasteiger charge is 2.22. The lowest BCUT2D eigenvalue weighted by Gasteiger charge is -2.33. The van der Waals surface area contributed by atoms with Crippen molar-refractivity contribution in [2.24, 2.45) is 5.73 Å². The Kier molecular flexibility index (Phi) is 4.93. The third-order valence-corrected chi connectivity index (χ3v) is 3.51. The largest absolute Gasteiger partial charge is 0.351 e. The van der Waals surface area contributed by atoms with Gasteiger partial charge in [-0.05, 0) is 31.9 Å². The molecule has 0 saturated carbocycles. The second-order valence-corrected chi connectivity index (χ2v) is 5.36. The van der Waals surface area contributed by atoms with Gasteiger partial charge in [-0.25, -0.2) is 0 Å². The maximum absolute atomic E-state index is 11.6. The molecule has 0 aliphatic carbocycles. The fourth-order valence-corrected chi connectivity index (χ4v) is 2.49. The molecular formula is C15H23N3O. The molecule has 4 heteroatoms. The predicted molar refractivity (Wildman–Crippen MR) is 76.5 cm³/mol. The molecule has 1 fully saturated rings. The standard InChI is InChI=1S/C15H23N3O/c1-12(16)15(19)17-14-8-5-9-18(11-14)10-13-6-3-2-4-7-13/h2-4,6-7,12,14H,5,8-11,16H2,1H3,(H,17,19)/t12-,14-/m0/s1. The Morgan fingerprint density at radius 1 is 1.47 bits per heavy atom. The Morgan fingerprint density at radius 2 is 2.21 bits per heavy atom. The lowest BCUT2D eigenvalue weighted by atomic mass is 10.0. The van der Waals surface area contributed by atoms with E-state index in [2.05, 4.69) is 34.5 Å². The van der Waals surface area contributed by atoms with E-state index in [-0.39, 0.29) is 11.9 Å². The van der Waals surface area contributed by atoms with Crippen molar-refractivity contribution in [1.82, 2.24) is 10.2 Å².